The molecule has 4 aliphatic carbocycles. The molecule has 5 rings (SSSR count). The Morgan fingerprint density at radius 2 is 1.79 bits per heavy atom. The Morgan fingerprint density at radius 1 is 1.00 bits per heavy atom. The van der Waals surface area contributed by atoms with Gasteiger partial charge in [0.2, 0.25) is 5.91 Å². The molecule has 3 saturated carbocycles. The first-order valence-corrected chi connectivity index (χ1v) is 11.2. The molecule has 28 heavy (non-hydrogen) atoms. The minimum atomic E-state index is -1.14. The number of allylic oxidation sites excluding steroid dienone is 1. The van der Waals surface area contributed by atoms with Gasteiger partial charge in [0, 0.05) is 6.04 Å². The Kier molecular flexibility index (Phi) is 4.13. The molecule has 0 radical (unpaired) electrons. The van der Waals surface area contributed by atoms with Crippen LogP contribution < -0.4 is 0 Å². The lowest BCUT2D eigenvalue weighted by Gasteiger charge is -2.58. The Balaban J connectivity index is 1.45. The van der Waals surface area contributed by atoms with Crippen molar-refractivity contribution in [3.8, 4) is 0 Å². The number of carbonyl (C=O) groups is 2. The van der Waals surface area contributed by atoms with Gasteiger partial charge >= 0.3 is 0 Å². The summed E-state index contributed by atoms with van der Waals surface area (Å²) in [6.45, 7) is 4.71. The largest absolute Gasteiger partial charge is 0.393 e. The van der Waals surface area contributed by atoms with Crippen molar-refractivity contribution in [1.29, 1.82) is 0 Å². The third-order valence-electron chi connectivity index (χ3n) is 9.50. The minimum absolute atomic E-state index is 0.0353. The van der Waals surface area contributed by atoms with Gasteiger partial charge in [0.25, 0.3) is 5.91 Å². The zero-order valence-electron chi connectivity index (χ0n) is 17.1. The molecular formula is C23H33NO4. The summed E-state index contributed by atoms with van der Waals surface area (Å²) in [6, 6.07) is -0.0537. The molecule has 1 aliphatic heterocycles. The van der Waals surface area contributed by atoms with Crippen LogP contribution in [-0.2, 0) is 9.59 Å². The Bertz CT molecular complexity index is 747. The number of imide groups is 1. The fourth-order valence-corrected chi connectivity index (χ4v) is 8.00. The molecule has 1 unspecified atom stereocenters. The van der Waals surface area contributed by atoms with E-state index in [1.807, 2.05) is 0 Å². The van der Waals surface area contributed by atoms with Crippen LogP contribution in [0.4, 0.5) is 0 Å². The third kappa shape index (κ3) is 2.38. The van der Waals surface area contributed by atoms with Gasteiger partial charge in [-0.05, 0) is 80.0 Å². The maximum absolute atomic E-state index is 12.5. The molecule has 5 nitrogen and oxygen atoms in total. The highest BCUT2D eigenvalue weighted by molar-refractivity contribution is 6.05. The van der Waals surface area contributed by atoms with E-state index in [2.05, 4.69) is 19.9 Å². The highest BCUT2D eigenvalue weighted by Gasteiger charge is 2.61. The predicted molar refractivity (Wildman–Crippen MR) is 104 cm³/mol. The number of amides is 2. The molecule has 0 aromatic rings. The number of aliphatic hydroxyl groups is 2. The first-order chi connectivity index (χ1) is 13.3. The van der Waals surface area contributed by atoms with E-state index in [1.54, 1.807) is 0 Å². The van der Waals surface area contributed by atoms with Gasteiger partial charge in [-0.2, -0.15) is 0 Å². The molecule has 0 aromatic carbocycles. The summed E-state index contributed by atoms with van der Waals surface area (Å²) < 4.78 is 0. The molecule has 0 aromatic heterocycles. The first-order valence-electron chi connectivity index (χ1n) is 11.2. The van der Waals surface area contributed by atoms with Crippen molar-refractivity contribution in [2.24, 2.45) is 28.6 Å². The average Bonchev–Trinajstić information content (AvgIpc) is 3.11. The number of likely N-dealkylation sites (tertiary alicyclic amines) is 1. The monoisotopic (exact) mass is 387 g/mol. The minimum Gasteiger partial charge on any atom is -0.393 e. The quantitative estimate of drug-likeness (QED) is 0.536. The molecule has 0 spiro atoms. The van der Waals surface area contributed by atoms with Gasteiger partial charge in [-0.1, -0.05) is 25.5 Å². The van der Waals surface area contributed by atoms with E-state index in [9.17, 15) is 19.8 Å². The van der Waals surface area contributed by atoms with Gasteiger partial charge < -0.3 is 10.2 Å². The molecule has 1 saturated heterocycles. The molecular weight excluding hydrogens is 354 g/mol. The summed E-state index contributed by atoms with van der Waals surface area (Å²) in [5, 5.41) is 20.1. The van der Waals surface area contributed by atoms with Gasteiger partial charge in [-0.3, -0.25) is 14.5 Å². The van der Waals surface area contributed by atoms with E-state index in [-0.39, 0.29) is 41.2 Å². The van der Waals surface area contributed by atoms with Crippen LogP contribution in [0.25, 0.3) is 0 Å². The summed E-state index contributed by atoms with van der Waals surface area (Å²) >= 11 is 0. The molecule has 4 fully saturated rings. The van der Waals surface area contributed by atoms with Crippen LogP contribution in [0.1, 0.15) is 71.6 Å². The van der Waals surface area contributed by atoms with Crippen LogP contribution in [-0.4, -0.2) is 45.2 Å². The van der Waals surface area contributed by atoms with E-state index in [1.165, 1.54) is 10.5 Å². The zero-order valence-corrected chi connectivity index (χ0v) is 17.1. The second-order valence-corrected chi connectivity index (χ2v) is 10.6. The van der Waals surface area contributed by atoms with Gasteiger partial charge in [-0.25, -0.2) is 0 Å². The van der Waals surface area contributed by atoms with Gasteiger partial charge in [0.15, 0.2) is 0 Å². The number of rotatable bonds is 1. The summed E-state index contributed by atoms with van der Waals surface area (Å²) in [7, 11) is 0. The second kappa shape index (κ2) is 6.15. The summed E-state index contributed by atoms with van der Waals surface area (Å²) in [5.41, 5.74) is 1.64. The number of fused-ring (bicyclic) bond motifs is 5. The van der Waals surface area contributed by atoms with Crippen molar-refractivity contribution in [1.82, 2.24) is 4.90 Å². The highest BCUT2D eigenvalue weighted by atomic mass is 16.3. The van der Waals surface area contributed by atoms with Crippen molar-refractivity contribution in [3.63, 3.8) is 0 Å². The SMILES string of the molecule is C[C@]12CC[C@H]3[C@@H](CC=C4C[C@@H](O)CC[C@@]43C)[C@@H]1CC[C@@H]2N1C(=O)CC(O)C1=O. The molecule has 1 heterocycles. The van der Waals surface area contributed by atoms with E-state index in [0.29, 0.717) is 17.8 Å². The predicted octanol–water partition coefficient (Wildman–Crippen LogP) is 2.80. The Labute approximate surface area is 167 Å². The third-order valence-corrected chi connectivity index (χ3v) is 9.50. The number of hydrogen-bond donors (Lipinski definition) is 2. The van der Waals surface area contributed by atoms with Crippen LogP contribution in [0.2, 0.25) is 0 Å². The van der Waals surface area contributed by atoms with Crippen LogP contribution >= 0.6 is 0 Å². The van der Waals surface area contributed by atoms with Crippen molar-refractivity contribution in [2.75, 3.05) is 0 Å². The van der Waals surface area contributed by atoms with Gasteiger partial charge in [-0.15, -0.1) is 0 Å². The summed E-state index contributed by atoms with van der Waals surface area (Å²) in [4.78, 5) is 26.4. The zero-order chi connectivity index (χ0) is 19.8. The number of nitrogens with zero attached hydrogens (tertiary/aromatic N) is 1. The average molecular weight is 388 g/mol. The van der Waals surface area contributed by atoms with Crippen LogP contribution in [0, 0.1) is 28.6 Å². The molecule has 5 heteroatoms. The van der Waals surface area contributed by atoms with Gasteiger partial charge in [0.1, 0.15) is 6.10 Å². The first kappa shape index (κ1) is 18.8. The number of hydrogen-bond acceptors (Lipinski definition) is 4. The van der Waals surface area contributed by atoms with Crippen molar-refractivity contribution in [2.45, 2.75) is 89.9 Å². The lowest BCUT2D eigenvalue weighted by molar-refractivity contribution is -0.148. The number of aliphatic hydroxyl groups excluding tert-OH is 2. The van der Waals surface area contributed by atoms with Crippen LogP contribution in [0.3, 0.4) is 0 Å². The van der Waals surface area contributed by atoms with Crippen molar-refractivity contribution in [3.05, 3.63) is 11.6 Å². The maximum atomic E-state index is 12.5. The fraction of sp³-hybridized carbons (Fsp3) is 0.826. The number of carbonyl (C=O) groups excluding carboxylic acids is 2. The molecule has 0 bridgehead atoms. The smallest absolute Gasteiger partial charge is 0.258 e. The fourth-order valence-electron chi connectivity index (χ4n) is 8.00. The van der Waals surface area contributed by atoms with E-state index in [0.717, 1.165) is 51.4 Å². The molecule has 2 amide bonds. The molecule has 154 valence electrons. The van der Waals surface area contributed by atoms with Gasteiger partial charge in [0.05, 0.1) is 12.5 Å². The maximum Gasteiger partial charge on any atom is 0.258 e. The van der Waals surface area contributed by atoms with Crippen molar-refractivity contribution < 1.29 is 19.8 Å². The van der Waals surface area contributed by atoms with Crippen molar-refractivity contribution >= 4 is 11.8 Å². The lowest BCUT2D eigenvalue weighted by atomic mass is 9.47. The molecule has 2 N–H and O–H groups in total. The normalized spacial score (nSPS) is 50.9. The van der Waals surface area contributed by atoms with Crippen LogP contribution in [0.15, 0.2) is 11.6 Å². The topological polar surface area (TPSA) is 77.8 Å². The molecule has 5 aliphatic rings. The lowest BCUT2D eigenvalue weighted by Crippen LogP contribution is -2.55. The standard InChI is InChI=1S/C23H33NO4/c1-22-9-7-14(25)11-13(22)3-4-15-16-5-6-19(23(16,2)10-8-17(15)22)24-20(27)12-18(26)21(24)28/h3,14-19,25-26H,4-12H2,1-2H3/t14-,15-,16-,17-,18?,19-,22-,23-/m0/s1. The van der Waals surface area contributed by atoms with E-state index >= 15 is 0 Å². The van der Waals surface area contributed by atoms with E-state index < -0.39 is 6.10 Å². The Hall–Kier alpha value is -1.20. The van der Waals surface area contributed by atoms with E-state index in [4.69, 9.17) is 0 Å². The van der Waals surface area contributed by atoms with Crippen LogP contribution in [0.5, 0.6) is 0 Å². The highest BCUT2D eigenvalue weighted by Crippen LogP contribution is 2.65. The Morgan fingerprint density at radius 3 is 2.50 bits per heavy atom. The second-order valence-electron chi connectivity index (χ2n) is 10.6. The summed E-state index contributed by atoms with van der Waals surface area (Å²) in [6.07, 6.45) is 9.04. The molecule has 8 atom stereocenters. The summed E-state index contributed by atoms with van der Waals surface area (Å²) in [5.74, 6) is 1.21.